The second-order valence-corrected chi connectivity index (χ2v) is 4.88. The number of ether oxygens (including phenoxy) is 1. The van der Waals surface area contributed by atoms with Crippen LogP contribution in [0.1, 0.15) is 16.7 Å². The van der Waals surface area contributed by atoms with Gasteiger partial charge in [0.05, 0.1) is 5.02 Å². The standard InChI is InChI=1S/C15H15ClN2O2/c1-9-3-4-11(7-10(9)2)20-12-5-6-13(14(16)8-12)15(17)18-19/h3-8,19H,1-2H3,(H2,17,18). The minimum atomic E-state index is -0.0345. The van der Waals surface area contributed by atoms with Gasteiger partial charge in [0.2, 0.25) is 0 Å². The molecule has 3 N–H and O–H groups in total. The van der Waals surface area contributed by atoms with Gasteiger partial charge >= 0.3 is 0 Å². The number of hydrogen-bond donors (Lipinski definition) is 2. The molecule has 0 aliphatic heterocycles. The fraction of sp³-hybridized carbons (Fsp3) is 0.133. The molecule has 0 saturated heterocycles. The average molecular weight is 291 g/mol. The molecule has 0 bridgehead atoms. The first-order valence-electron chi connectivity index (χ1n) is 6.04. The highest BCUT2D eigenvalue weighted by Gasteiger charge is 2.08. The maximum atomic E-state index is 8.65. The van der Waals surface area contributed by atoms with Crippen LogP contribution in [0.2, 0.25) is 5.02 Å². The van der Waals surface area contributed by atoms with Gasteiger partial charge in [-0.2, -0.15) is 0 Å². The molecule has 0 heterocycles. The van der Waals surface area contributed by atoms with Gasteiger partial charge in [-0.25, -0.2) is 0 Å². The molecule has 20 heavy (non-hydrogen) atoms. The van der Waals surface area contributed by atoms with Gasteiger partial charge in [-0.3, -0.25) is 0 Å². The minimum Gasteiger partial charge on any atom is -0.457 e. The van der Waals surface area contributed by atoms with E-state index in [1.807, 2.05) is 32.0 Å². The summed E-state index contributed by atoms with van der Waals surface area (Å²) in [6, 6.07) is 10.8. The normalized spacial score (nSPS) is 11.4. The summed E-state index contributed by atoms with van der Waals surface area (Å²) in [4.78, 5) is 0. The summed E-state index contributed by atoms with van der Waals surface area (Å²) in [6.45, 7) is 4.07. The number of rotatable bonds is 3. The molecule has 0 amide bonds. The molecule has 0 unspecified atom stereocenters. The first kappa shape index (κ1) is 14.2. The summed E-state index contributed by atoms with van der Waals surface area (Å²) in [5.74, 6) is 1.29. The number of aryl methyl sites for hydroxylation is 2. The van der Waals surface area contributed by atoms with Gasteiger partial charge in [0.15, 0.2) is 5.84 Å². The molecule has 104 valence electrons. The van der Waals surface area contributed by atoms with Crippen LogP contribution in [-0.4, -0.2) is 11.0 Å². The fourth-order valence-corrected chi connectivity index (χ4v) is 2.00. The van der Waals surface area contributed by atoms with E-state index in [1.165, 1.54) is 5.56 Å². The third-order valence-corrected chi connectivity index (χ3v) is 3.35. The Labute approximate surface area is 122 Å². The second-order valence-electron chi connectivity index (χ2n) is 4.48. The lowest BCUT2D eigenvalue weighted by Gasteiger charge is -2.09. The van der Waals surface area contributed by atoms with Gasteiger partial charge in [0.25, 0.3) is 0 Å². The van der Waals surface area contributed by atoms with Crippen LogP contribution in [0.25, 0.3) is 0 Å². The van der Waals surface area contributed by atoms with Crippen LogP contribution in [0.5, 0.6) is 11.5 Å². The van der Waals surface area contributed by atoms with Crippen LogP contribution in [0.15, 0.2) is 41.6 Å². The third kappa shape index (κ3) is 3.03. The molecule has 0 aromatic heterocycles. The number of amidine groups is 1. The minimum absolute atomic E-state index is 0.0345. The van der Waals surface area contributed by atoms with Gasteiger partial charge in [0.1, 0.15) is 11.5 Å². The van der Waals surface area contributed by atoms with Crippen molar-refractivity contribution in [2.75, 3.05) is 0 Å². The molecule has 0 fully saturated rings. The topological polar surface area (TPSA) is 67.8 Å². The number of hydrogen-bond acceptors (Lipinski definition) is 3. The summed E-state index contributed by atoms with van der Waals surface area (Å²) < 4.78 is 5.74. The highest BCUT2D eigenvalue weighted by atomic mass is 35.5. The van der Waals surface area contributed by atoms with Gasteiger partial charge in [-0.05, 0) is 49.2 Å². The molecular formula is C15H15ClN2O2. The van der Waals surface area contributed by atoms with Crippen LogP contribution < -0.4 is 10.5 Å². The number of halogens is 1. The molecule has 0 spiro atoms. The molecule has 2 rings (SSSR count). The third-order valence-electron chi connectivity index (χ3n) is 3.04. The first-order chi connectivity index (χ1) is 9.51. The Kier molecular flexibility index (Phi) is 4.15. The molecule has 5 heteroatoms. The van der Waals surface area contributed by atoms with Crippen molar-refractivity contribution in [2.45, 2.75) is 13.8 Å². The van der Waals surface area contributed by atoms with Crippen LogP contribution in [-0.2, 0) is 0 Å². The van der Waals surface area contributed by atoms with E-state index in [4.69, 9.17) is 27.3 Å². The maximum Gasteiger partial charge on any atom is 0.171 e. The Morgan fingerprint density at radius 2 is 1.75 bits per heavy atom. The largest absolute Gasteiger partial charge is 0.457 e. The van der Waals surface area contributed by atoms with Crippen molar-refractivity contribution in [1.29, 1.82) is 0 Å². The van der Waals surface area contributed by atoms with Crippen LogP contribution >= 0.6 is 11.6 Å². The van der Waals surface area contributed by atoms with E-state index < -0.39 is 0 Å². The van der Waals surface area contributed by atoms with Crippen molar-refractivity contribution in [3.05, 3.63) is 58.1 Å². The Balaban J connectivity index is 2.26. The Hall–Kier alpha value is -2.20. The number of nitrogens with two attached hydrogens (primary N) is 1. The maximum absolute atomic E-state index is 8.65. The molecule has 0 aliphatic carbocycles. The molecule has 0 aliphatic rings. The predicted octanol–water partition coefficient (Wildman–Crippen LogP) is 3.84. The van der Waals surface area contributed by atoms with E-state index in [-0.39, 0.29) is 5.84 Å². The lowest BCUT2D eigenvalue weighted by Crippen LogP contribution is -2.13. The monoisotopic (exact) mass is 290 g/mol. The quantitative estimate of drug-likeness (QED) is 0.390. The van der Waals surface area contributed by atoms with Crippen LogP contribution in [0, 0.1) is 13.8 Å². The molecule has 0 radical (unpaired) electrons. The van der Waals surface area contributed by atoms with Gasteiger partial charge in [-0.1, -0.05) is 22.8 Å². The number of nitrogens with zero attached hydrogens (tertiary/aromatic N) is 1. The van der Waals surface area contributed by atoms with E-state index in [0.717, 1.165) is 11.3 Å². The lowest BCUT2D eigenvalue weighted by atomic mass is 10.1. The summed E-state index contributed by atoms with van der Waals surface area (Å²) in [7, 11) is 0. The molecule has 0 saturated carbocycles. The van der Waals surface area contributed by atoms with Crippen molar-refractivity contribution in [1.82, 2.24) is 0 Å². The second kappa shape index (κ2) is 5.84. The molecule has 2 aromatic carbocycles. The van der Waals surface area contributed by atoms with Crippen molar-refractivity contribution >= 4 is 17.4 Å². The SMILES string of the molecule is Cc1ccc(Oc2ccc(C(N)=NO)c(Cl)c2)cc1C. The summed E-state index contributed by atoms with van der Waals surface area (Å²) in [6.07, 6.45) is 0. The van der Waals surface area contributed by atoms with Gasteiger partial charge in [0, 0.05) is 11.6 Å². The van der Waals surface area contributed by atoms with Crippen LogP contribution in [0.3, 0.4) is 0 Å². The Bertz CT molecular complexity index is 669. The predicted molar refractivity (Wildman–Crippen MR) is 80.0 cm³/mol. The highest BCUT2D eigenvalue weighted by molar-refractivity contribution is 6.34. The zero-order valence-corrected chi connectivity index (χ0v) is 12.0. The van der Waals surface area contributed by atoms with Crippen molar-refractivity contribution in [2.24, 2.45) is 10.9 Å². The zero-order valence-electron chi connectivity index (χ0n) is 11.2. The summed E-state index contributed by atoms with van der Waals surface area (Å²) in [5.41, 5.74) is 8.33. The molecule has 0 atom stereocenters. The molecular weight excluding hydrogens is 276 g/mol. The highest BCUT2D eigenvalue weighted by Crippen LogP contribution is 2.27. The lowest BCUT2D eigenvalue weighted by molar-refractivity contribution is 0.318. The van der Waals surface area contributed by atoms with E-state index in [9.17, 15) is 0 Å². The van der Waals surface area contributed by atoms with Gasteiger partial charge < -0.3 is 15.7 Å². The van der Waals surface area contributed by atoms with Crippen molar-refractivity contribution in [3.8, 4) is 11.5 Å². The fourth-order valence-electron chi connectivity index (χ4n) is 1.73. The van der Waals surface area contributed by atoms with E-state index in [0.29, 0.717) is 16.3 Å². The average Bonchev–Trinajstić information content (AvgIpc) is 2.42. The van der Waals surface area contributed by atoms with E-state index in [1.54, 1.807) is 18.2 Å². The Morgan fingerprint density at radius 1 is 1.10 bits per heavy atom. The number of benzene rings is 2. The van der Waals surface area contributed by atoms with E-state index in [2.05, 4.69) is 5.16 Å². The number of oxime groups is 1. The summed E-state index contributed by atoms with van der Waals surface area (Å²) in [5, 5.41) is 11.9. The smallest absolute Gasteiger partial charge is 0.171 e. The summed E-state index contributed by atoms with van der Waals surface area (Å²) >= 11 is 6.07. The first-order valence-corrected chi connectivity index (χ1v) is 6.41. The van der Waals surface area contributed by atoms with Crippen molar-refractivity contribution in [3.63, 3.8) is 0 Å². The van der Waals surface area contributed by atoms with E-state index >= 15 is 0 Å². The molecule has 4 nitrogen and oxygen atoms in total. The molecule has 2 aromatic rings. The van der Waals surface area contributed by atoms with Gasteiger partial charge in [-0.15, -0.1) is 0 Å². The Morgan fingerprint density at radius 3 is 2.35 bits per heavy atom. The van der Waals surface area contributed by atoms with Crippen molar-refractivity contribution < 1.29 is 9.94 Å². The van der Waals surface area contributed by atoms with Crippen LogP contribution in [0.4, 0.5) is 0 Å². The zero-order chi connectivity index (χ0) is 14.7.